The predicted molar refractivity (Wildman–Crippen MR) is 128 cm³/mol. The van der Waals surface area contributed by atoms with Crippen LogP contribution in [0, 0.1) is 10.1 Å². The lowest BCUT2D eigenvalue weighted by atomic mass is 10.1. The van der Waals surface area contributed by atoms with E-state index in [4.69, 9.17) is 9.47 Å². The summed E-state index contributed by atoms with van der Waals surface area (Å²) in [6.07, 6.45) is 0.612. The van der Waals surface area contributed by atoms with Crippen LogP contribution >= 0.6 is 15.9 Å². The van der Waals surface area contributed by atoms with Gasteiger partial charge < -0.3 is 14.2 Å². The number of ether oxygens (including phenoxy) is 3. The lowest BCUT2D eigenvalue weighted by Crippen LogP contribution is -2.25. The van der Waals surface area contributed by atoms with Gasteiger partial charge in [0.2, 0.25) is 5.75 Å². The molecule has 34 heavy (non-hydrogen) atoms. The molecule has 1 heterocycles. The molecule has 12 heteroatoms. The second-order valence-corrected chi connectivity index (χ2v) is 7.93. The van der Waals surface area contributed by atoms with Crippen LogP contribution in [0.25, 0.3) is 10.9 Å². The Hall–Kier alpha value is -3.80. The van der Waals surface area contributed by atoms with Crippen molar-refractivity contribution < 1.29 is 23.9 Å². The van der Waals surface area contributed by atoms with Crippen LogP contribution in [-0.4, -0.2) is 47.1 Å². The van der Waals surface area contributed by atoms with Gasteiger partial charge in [0, 0.05) is 22.5 Å². The Morgan fingerprint density at radius 1 is 1.32 bits per heavy atom. The maximum atomic E-state index is 13.0. The van der Waals surface area contributed by atoms with Gasteiger partial charge in [-0.25, -0.2) is 9.78 Å². The number of esters is 1. The van der Waals surface area contributed by atoms with Gasteiger partial charge in [0.1, 0.15) is 5.82 Å². The highest BCUT2D eigenvalue weighted by atomic mass is 79.9. The molecule has 0 N–H and O–H groups in total. The van der Waals surface area contributed by atoms with Crippen molar-refractivity contribution in [2.45, 2.75) is 26.4 Å². The van der Waals surface area contributed by atoms with Gasteiger partial charge in [-0.1, -0.05) is 22.9 Å². The van der Waals surface area contributed by atoms with Crippen molar-refractivity contribution in [1.82, 2.24) is 9.66 Å². The molecule has 0 aliphatic rings. The molecule has 178 valence electrons. The van der Waals surface area contributed by atoms with Crippen LogP contribution in [0.2, 0.25) is 0 Å². The molecule has 3 rings (SSSR count). The molecular formula is C22H21BrN4O7. The second kappa shape index (κ2) is 10.4. The summed E-state index contributed by atoms with van der Waals surface area (Å²) < 4.78 is 17.2. The summed E-state index contributed by atoms with van der Waals surface area (Å²) in [5.74, 6) is -0.505. The van der Waals surface area contributed by atoms with Crippen molar-refractivity contribution in [2.24, 2.45) is 5.10 Å². The lowest BCUT2D eigenvalue weighted by molar-refractivity contribution is -0.386. The second-order valence-electron chi connectivity index (χ2n) is 7.02. The number of aromatic nitrogens is 2. The number of fused-ring (bicyclic) bond motifs is 1. The summed E-state index contributed by atoms with van der Waals surface area (Å²) in [6.45, 7) is 3.23. The number of hydrogen-bond acceptors (Lipinski definition) is 9. The van der Waals surface area contributed by atoms with E-state index in [-0.39, 0.29) is 22.6 Å². The normalized spacial score (nSPS) is 12.0. The fourth-order valence-corrected chi connectivity index (χ4v) is 3.51. The van der Waals surface area contributed by atoms with Gasteiger partial charge in [-0.15, -0.1) is 0 Å². The van der Waals surface area contributed by atoms with E-state index in [1.54, 1.807) is 18.2 Å². The van der Waals surface area contributed by atoms with Gasteiger partial charge in [0.25, 0.3) is 5.56 Å². The van der Waals surface area contributed by atoms with E-state index >= 15 is 0 Å². The van der Waals surface area contributed by atoms with Crippen LogP contribution in [0.4, 0.5) is 5.69 Å². The summed E-state index contributed by atoms with van der Waals surface area (Å²) in [4.78, 5) is 40.3. The minimum absolute atomic E-state index is 0.00929. The molecule has 0 spiro atoms. The van der Waals surface area contributed by atoms with Crippen molar-refractivity contribution in [3.05, 3.63) is 66.7 Å². The van der Waals surface area contributed by atoms with E-state index in [1.807, 2.05) is 6.92 Å². The molecule has 1 aromatic heterocycles. The fourth-order valence-electron chi connectivity index (χ4n) is 3.15. The Bertz CT molecular complexity index is 1350. The number of rotatable bonds is 8. The Morgan fingerprint density at radius 3 is 2.68 bits per heavy atom. The maximum Gasteiger partial charge on any atom is 0.346 e. The molecule has 2 aromatic carbocycles. The number of benzene rings is 2. The van der Waals surface area contributed by atoms with Gasteiger partial charge >= 0.3 is 11.7 Å². The summed E-state index contributed by atoms with van der Waals surface area (Å²) in [5.41, 5.74) is -0.0205. The molecule has 0 aliphatic carbocycles. The highest BCUT2D eigenvalue weighted by Crippen LogP contribution is 2.38. The van der Waals surface area contributed by atoms with Crippen molar-refractivity contribution in [1.29, 1.82) is 0 Å². The number of methoxy groups -OCH3 is 2. The first-order valence-corrected chi connectivity index (χ1v) is 10.9. The van der Waals surface area contributed by atoms with Crippen molar-refractivity contribution in [2.75, 3.05) is 14.2 Å². The number of hydrogen-bond donors (Lipinski definition) is 0. The molecular weight excluding hydrogens is 512 g/mol. The van der Waals surface area contributed by atoms with E-state index in [0.29, 0.717) is 23.1 Å². The SMILES string of the molecule is CCc1nc2ccc(Br)cc2c(=O)n1N=Cc1cc(OC)c(O[C@H](C)C(=O)OC)c([N+](=O)[O-])c1. The highest BCUT2D eigenvalue weighted by Gasteiger charge is 2.26. The zero-order valence-electron chi connectivity index (χ0n) is 18.8. The number of carbonyl (C=O) groups excluding carboxylic acids is 1. The van der Waals surface area contributed by atoms with Crippen LogP contribution in [0.5, 0.6) is 11.5 Å². The standard InChI is InChI=1S/C22H21BrN4O7/c1-5-19-25-16-7-6-14(23)10-15(16)21(28)26(19)24-11-13-8-17(27(30)31)20(18(9-13)32-3)34-12(2)22(29)33-4/h6-12H,5H2,1-4H3/t12-/m1/s1. The van der Waals surface area contributed by atoms with Gasteiger partial charge in [-0.05, 0) is 31.2 Å². The molecule has 0 saturated heterocycles. The molecule has 1 atom stereocenters. The molecule has 0 bridgehead atoms. The molecule has 0 unspecified atom stereocenters. The number of halogens is 1. The molecule has 0 fully saturated rings. The Balaban J connectivity index is 2.10. The third-order valence-electron chi connectivity index (χ3n) is 4.82. The predicted octanol–water partition coefficient (Wildman–Crippen LogP) is 3.46. The van der Waals surface area contributed by atoms with Crippen molar-refractivity contribution >= 4 is 44.7 Å². The Morgan fingerprint density at radius 2 is 2.06 bits per heavy atom. The minimum atomic E-state index is -1.11. The van der Waals surface area contributed by atoms with Gasteiger partial charge in [0.05, 0.1) is 36.3 Å². The van der Waals surface area contributed by atoms with Gasteiger partial charge in [-0.3, -0.25) is 14.9 Å². The zero-order valence-corrected chi connectivity index (χ0v) is 20.4. The van der Waals surface area contributed by atoms with E-state index in [9.17, 15) is 19.7 Å². The molecule has 0 saturated carbocycles. The molecule has 0 amide bonds. The minimum Gasteiger partial charge on any atom is -0.493 e. The molecule has 11 nitrogen and oxygen atoms in total. The van der Waals surface area contributed by atoms with Crippen LogP contribution in [0.3, 0.4) is 0 Å². The number of nitrogens with zero attached hydrogens (tertiary/aromatic N) is 4. The number of nitro groups is 1. The first-order chi connectivity index (χ1) is 16.2. The largest absolute Gasteiger partial charge is 0.493 e. The van der Waals surface area contributed by atoms with Gasteiger partial charge in [0.15, 0.2) is 11.9 Å². The zero-order chi connectivity index (χ0) is 25.0. The van der Waals surface area contributed by atoms with Crippen molar-refractivity contribution in [3.63, 3.8) is 0 Å². The van der Waals surface area contributed by atoms with Crippen LogP contribution in [0.15, 0.2) is 44.7 Å². The molecule has 0 aliphatic heterocycles. The van der Waals surface area contributed by atoms with Crippen LogP contribution < -0.4 is 15.0 Å². The Labute approximate surface area is 202 Å². The van der Waals surface area contributed by atoms with Crippen molar-refractivity contribution in [3.8, 4) is 11.5 Å². The Kier molecular flexibility index (Phi) is 7.61. The first kappa shape index (κ1) is 24.8. The van der Waals surface area contributed by atoms with E-state index < -0.39 is 22.7 Å². The average Bonchev–Trinajstić information content (AvgIpc) is 2.83. The van der Waals surface area contributed by atoms with E-state index in [1.165, 1.54) is 39.5 Å². The third-order valence-corrected chi connectivity index (χ3v) is 5.31. The smallest absolute Gasteiger partial charge is 0.346 e. The number of nitro benzene ring substituents is 1. The summed E-state index contributed by atoms with van der Waals surface area (Å²) >= 11 is 3.34. The summed E-state index contributed by atoms with van der Waals surface area (Å²) in [7, 11) is 2.49. The summed E-state index contributed by atoms with van der Waals surface area (Å²) in [5, 5.41) is 16.3. The van der Waals surface area contributed by atoms with Crippen LogP contribution in [-0.2, 0) is 16.0 Å². The fraction of sp³-hybridized carbons (Fsp3) is 0.273. The van der Waals surface area contributed by atoms with Gasteiger partial charge in [-0.2, -0.15) is 9.78 Å². The lowest BCUT2D eigenvalue weighted by Gasteiger charge is -2.15. The van der Waals surface area contributed by atoms with Crippen LogP contribution in [0.1, 0.15) is 25.2 Å². The monoisotopic (exact) mass is 532 g/mol. The molecule has 3 aromatic rings. The first-order valence-electron chi connectivity index (χ1n) is 10.1. The summed E-state index contributed by atoms with van der Waals surface area (Å²) in [6, 6.07) is 7.82. The molecule has 0 radical (unpaired) electrons. The van der Waals surface area contributed by atoms with E-state index in [0.717, 1.165) is 9.15 Å². The maximum absolute atomic E-state index is 13.0. The quantitative estimate of drug-likeness (QED) is 0.186. The highest BCUT2D eigenvalue weighted by molar-refractivity contribution is 9.10. The number of carbonyl (C=O) groups is 1. The average molecular weight is 533 g/mol. The van der Waals surface area contributed by atoms with E-state index in [2.05, 4.69) is 30.8 Å². The third kappa shape index (κ3) is 5.06. The number of aryl methyl sites for hydroxylation is 1. The topological polar surface area (TPSA) is 135 Å².